The molecule has 1 aromatic rings. The van der Waals surface area contributed by atoms with Crippen LogP contribution in [0.15, 0.2) is 24.3 Å². The Morgan fingerprint density at radius 1 is 1.45 bits per heavy atom. The quantitative estimate of drug-likeness (QED) is 0.843. The van der Waals surface area contributed by atoms with E-state index in [-0.39, 0.29) is 12.5 Å². The Balaban J connectivity index is 1.83. The molecule has 1 aromatic carbocycles. The van der Waals surface area contributed by atoms with Gasteiger partial charge in [-0.25, -0.2) is 0 Å². The molecule has 2 N–H and O–H groups in total. The Morgan fingerprint density at radius 3 is 2.70 bits per heavy atom. The molecule has 5 heteroatoms. The predicted octanol–water partition coefficient (Wildman–Crippen LogP) is 1.96. The van der Waals surface area contributed by atoms with E-state index in [4.69, 9.17) is 22.7 Å². The normalized spacial score (nSPS) is 18.1. The molecule has 0 aromatic heterocycles. The van der Waals surface area contributed by atoms with Crippen LogP contribution in [0.5, 0.6) is 5.75 Å². The molecule has 1 atom stereocenters. The van der Waals surface area contributed by atoms with E-state index in [2.05, 4.69) is 6.92 Å². The van der Waals surface area contributed by atoms with E-state index in [1.807, 2.05) is 4.90 Å². The zero-order valence-electron chi connectivity index (χ0n) is 11.7. The van der Waals surface area contributed by atoms with Crippen molar-refractivity contribution in [3.8, 4) is 5.75 Å². The highest BCUT2D eigenvalue weighted by Gasteiger charge is 2.24. The van der Waals surface area contributed by atoms with Crippen LogP contribution in [-0.4, -0.2) is 35.5 Å². The molecule has 1 fully saturated rings. The van der Waals surface area contributed by atoms with E-state index in [9.17, 15) is 4.79 Å². The number of carbonyl (C=O) groups excluding carboxylic acids is 1. The first-order valence-electron chi connectivity index (χ1n) is 6.90. The topological polar surface area (TPSA) is 55.6 Å². The highest BCUT2D eigenvalue weighted by atomic mass is 32.1. The summed E-state index contributed by atoms with van der Waals surface area (Å²) in [5.41, 5.74) is 6.32. The van der Waals surface area contributed by atoms with Crippen LogP contribution in [0.4, 0.5) is 0 Å². The maximum atomic E-state index is 12.0. The Kier molecular flexibility index (Phi) is 4.95. The molecule has 1 amide bonds. The molecule has 0 aliphatic carbocycles. The van der Waals surface area contributed by atoms with Gasteiger partial charge in [0.05, 0.1) is 0 Å². The second-order valence-electron chi connectivity index (χ2n) is 5.08. The number of carbonyl (C=O) groups is 1. The monoisotopic (exact) mass is 292 g/mol. The van der Waals surface area contributed by atoms with Crippen LogP contribution >= 0.6 is 12.2 Å². The van der Waals surface area contributed by atoms with Crippen LogP contribution in [0.3, 0.4) is 0 Å². The van der Waals surface area contributed by atoms with Crippen molar-refractivity contribution in [1.82, 2.24) is 4.90 Å². The molecule has 1 unspecified atom stereocenters. The van der Waals surface area contributed by atoms with Crippen molar-refractivity contribution in [2.45, 2.75) is 19.8 Å². The summed E-state index contributed by atoms with van der Waals surface area (Å²) in [7, 11) is 0. The number of nitrogens with two attached hydrogens (primary N) is 1. The number of ether oxygens (including phenoxy) is 1. The second kappa shape index (κ2) is 6.70. The van der Waals surface area contributed by atoms with Crippen molar-refractivity contribution in [2.75, 3.05) is 19.7 Å². The molecule has 0 saturated carbocycles. The zero-order valence-corrected chi connectivity index (χ0v) is 12.5. The largest absolute Gasteiger partial charge is 0.484 e. The third-order valence-electron chi connectivity index (χ3n) is 3.72. The summed E-state index contributed by atoms with van der Waals surface area (Å²) >= 11 is 4.88. The molecular formula is C15H20N2O2S. The standard InChI is InChI=1S/C15H20N2O2S/c1-2-11-7-8-17(9-11)14(18)10-19-13-5-3-12(4-6-13)15(16)20/h3-6,11H,2,7-10H2,1H3,(H2,16,20). The van der Waals surface area contributed by atoms with Crippen LogP contribution in [0.2, 0.25) is 0 Å². The lowest BCUT2D eigenvalue weighted by atomic mass is 10.1. The van der Waals surface area contributed by atoms with Crippen molar-refractivity contribution in [1.29, 1.82) is 0 Å². The van der Waals surface area contributed by atoms with Gasteiger partial charge in [0.15, 0.2) is 6.61 Å². The minimum absolute atomic E-state index is 0.0550. The number of rotatable bonds is 5. The van der Waals surface area contributed by atoms with E-state index in [0.29, 0.717) is 16.7 Å². The van der Waals surface area contributed by atoms with Crippen LogP contribution in [0.25, 0.3) is 0 Å². The fraction of sp³-hybridized carbons (Fsp3) is 0.467. The minimum Gasteiger partial charge on any atom is -0.484 e. The van der Waals surface area contributed by atoms with Gasteiger partial charge in [-0.05, 0) is 36.6 Å². The Morgan fingerprint density at radius 2 is 2.15 bits per heavy atom. The average Bonchev–Trinajstić information content (AvgIpc) is 2.94. The number of likely N-dealkylation sites (tertiary alicyclic amines) is 1. The van der Waals surface area contributed by atoms with Crippen molar-refractivity contribution < 1.29 is 9.53 Å². The minimum atomic E-state index is 0.0550. The molecule has 4 nitrogen and oxygen atoms in total. The van der Waals surface area contributed by atoms with E-state index in [1.165, 1.54) is 0 Å². The number of benzene rings is 1. The lowest BCUT2D eigenvalue weighted by molar-refractivity contribution is -0.132. The van der Waals surface area contributed by atoms with Gasteiger partial charge in [0.1, 0.15) is 10.7 Å². The third kappa shape index (κ3) is 3.70. The zero-order chi connectivity index (χ0) is 14.5. The summed E-state index contributed by atoms with van der Waals surface area (Å²) in [5.74, 6) is 1.35. The maximum absolute atomic E-state index is 12.0. The summed E-state index contributed by atoms with van der Waals surface area (Å²) in [5, 5.41) is 0. The Bertz CT molecular complexity index is 487. The first kappa shape index (κ1) is 14.8. The van der Waals surface area contributed by atoms with Crippen LogP contribution in [0.1, 0.15) is 25.3 Å². The van der Waals surface area contributed by atoms with E-state index in [1.54, 1.807) is 24.3 Å². The number of hydrogen-bond acceptors (Lipinski definition) is 3. The van der Waals surface area contributed by atoms with Gasteiger partial charge in [-0.3, -0.25) is 4.79 Å². The average molecular weight is 292 g/mol. The molecule has 20 heavy (non-hydrogen) atoms. The SMILES string of the molecule is CCC1CCN(C(=O)COc2ccc(C(N)=S)cc2)C1. The lowest BCUT2D eigenvalue weighted by Crippen LogP contribution is -2.33. The highest BCUT2D eigenvalue weighted by Crippen LogP contribution is 2.19. The van der Waals surface area contributed by atoms with Gasteiger partial charge in [0, 0.05) is 18.7 Å². The molecule has 1 saturated heterocycles. The summed E-state index contributed by atoms with van der Waals surface area (Å²) in [4.78, 5) is 14.3. The van der Waals surface area contributed by atoms with Gasteiger partial charge in [0.25, 0.3) is 5.91 Å². The van der Waals surface area contributed by atoms with E-state index >= 15 is 0 Å². The highest BCUT2D eigenvalue weighted by molar-refractivity contribution is 7.80. The fourth-order valence-electron chi connectivity index (χ4n) is 2.34. The molecule has 0 radical (unpaired) electrons. The summed E-state index contributed by atoms with van der Waals surface area (Å²) in [6.45, 7) is 3.96. The third-order valence-corrected chi connectivity index (χ3v) is 3.95. The van der Waals surface area contributed by atoms with Gasteiger partial charge in [-0.15, -0.1) is 0 Å². The second-order valence-corrected chi connectivity index (χ2v) is 5.52. The Labute approximate surface area is 124 Å². The van der Waals surface area contributed by atoms with Crippen molar-refractivity contribution in [2.24, 2.45) is 11.7 Å². The van der Waals surface area contributed by atoms with E-state index < -0.39 is 0 Å². The molecule has 1 heterocycles. The molecule has 0 bridgehead atoms. The smallest absolute Gasteiger partial charge is 0.260 e. The predicted molar refractivity (Wildman–Crippen MR) is 82.8 cm³/mol. The Hall–Kier alpha value is -1.62. The molecule has 1 aliphatic rings. The van der Waals surface area contributed by atoms with Crippen molar-refractivity contribution in [3.63, 3.8) is 0 Å². The van der Waals surface area contributed by atoms with Crippen molar-refractivity contribution >= 4 is 23.1 Å². The maximum Gasteiger partial charge on any atom is 0.260 e. The molecule has 108 valence electrons. The molecule has 0 spiro atoms. The van der Waals surface area contributed by atoms with Gasteiger partial charge in [0.2, 0.25) is 0 Å². The first-order chi connectivity index (χ1) is 9.60. The van der Waals surface area contributed by atoms with Crippen LogP contribution in [-0.2, 0) is 4.79 Å². The number of thiocarbonyl (C=S) groups is 1. The van der Waals surface area contributed by atoms with Gasteiger partial charge >= 0.3 is 0 Å². The number of hydrogen-bond donors (Lipinski definition) is 1. The van der Waals surface area contributed by atoms with Crippen LogP contribution < -0.4 is 10.5 Å². The number of nitrogens with zero attached hydrogens (tertiary/aromatic N) is 1. The van der Waals surface area contributed by atoms with Crippen LogP contribution in [0, 0.1) is 5.92 Å². The molecule has 2 rings (SSSR count). The van der Waals surface area contributed by atoms with Gasteiger partial charge < -0.3 is 15.4 Å². The fourth-order valence-corrected chi connectivity index (χ4v) is 2.48. The number of amides is 1. The molecule has 1 aliphatic heterocycles. The van der Waals surface area contributed by atoms with Gasteiger partial charge in [-0.1, -0.05) is 25.6 Å². The lowest BCUT2D eigenvalue weighted by Gasteiger charge is -2.16. The van der Waals surface area contributed by atoms with E-state index in [0.717, 1.165) is 31.5 Å². The molecular weight excluding hydrogens is 272 g/mol. The summed E-state index contributed by atoms with van der Waals surface area (Å²) in [6, 6.07) is 7.15. The summed E-state index contributed by atoms with van der Waals surface area (Å²) in [6.07, 6.45) is 2.23. The summed E-state index contributed by atoms with van der Waals surface area (Å²) < 4.78 is 5.51. The first-order valence-corrected chi connectivity index (χ1v) is 7.31. The van der Waals surface area contributed by atoms with Crippen molar-refractivity contribution in [3.05, 3.63) is 29.8 Å². The van der Waals surface area contributed by atoms with Gasteiger partial charge in [-0.2, -0.15) is 0 Å².